The number of amides is 1. The highest BCUT2D eigenvalue weighted by Gasteiger charge is 2.20. The Morgan fingerprint density at radius 2 is 2.30 bits per heavy atom. The zero-order valence-electron chi connectivity index (χ0n) is 12.5. The van der Waals surface area contributed by atoms with Crippen molar-refractivity contribution < 1.29 is 9.53 Å². The first kappa shape index (κ1) is 14.9. The molecule has 20 heavy (non-hydrogen) atoms. The molecule has 2 rings (SSSR count). The fraction of sp³-hybridized carbons (Fsp3) is 0.562. The van der Waals surface area contributed by atoms with E-state index in [9.17, 15) is 4.79 Å². The van der Waals surface area contributed by atoms with Crippen molar-refractivity contribution in [1.29, 1.82) is 0 Å². The molecule has 0 aromatic heterocycles. The van der Waals surface area contributed by atoms with E-state index >= 15 is 0 Å². The van der Waals surface area contributed by atoms with Crippen LogP contribution in [-0.4, -0.2) is 25.1 Å². The van der Waals surface area contributed by atoms with Crippen molar-refractivity contribution in [1.82, 2.24) is 5.32 Å². The molecule has 4 heteroatoms. The molecule has 1 aliphatic rings. The Kier molecular flexibility index (Phi) is 5.01. The van der Waals surface area contributed by atoms with Gasteiger partial charge in [-0.3, -0.25) is 4.79 Å². The van der Waals surface area contributed by atoms with Gasteiger partial charge in [-0.05, 0) is 44.2 Å². The third-order valence-corrected chi connectivity index (χ3v) is 3.67. The molecule has 1 aromatic carbocycles. The molecule has 4 nitrogen and oxygen atoms in total. The first-order chi connectivity index (χ1) is 9.63. The maximum atomic E-state index is 12.2. The Morgan fingerprint density at radius 3 is 3.00 bits per heavy atom. The second kappa shape index (κ2) is 6.75. The molecule has 0 radical (unpaired) electrons. The quantitative estimate of drug-likeness (QED) is 0.840. The van der Waals surface area contributed by atoms with Crippen molar-refractivity contribution in [2.45, 2.75) is 51.7 Å². The number of nitrogens with one attached hydrogen (secondary N) is 2. The van der Waals surface area contributed by atoms with Gasteiger partial charge in [0.25, 0.3) is 0 Å². The van der Waals surface area contributed by atoms with E-state index in [0.717, 1.165) is 37.1 Å². The van der Waals surface area contributed by atoms with E-state index in [-0.39, 0.29) is 18.1 Å². The molecule has 0 spiro atoms. The zero-order chi connectivity index (χ0) is 14.5. The van der Waals surface area contributed by atoms with Crippen LogP contribution >= 0.6 is 0 Å². The van der Waals surface area contributed by atoms with Gasteiger partial charge in [-0.25, -0.2) is 0 Å². The SMILES string of the molecule is CCCC[C@H](NC)C(=O)Nc1ccc2c(c1)C[C@@H](C)O2. The van der Waals surface area contributed by atoms with Crippen LogP contribution in [0.25, 0.3) is 0 Å². The molecule has 0 saturated carbocycles. The summed E-state index contributed by atoms with van der Waals surface area (Å²) in [4.78, 5) is 12.2. The number of fused-ring (bicyclic) bond motifs is 1. The van der Waals surface area contributed by atoms with Crippen LogP contribution in [0.2, 0.25) is 0 Å². The van der Waals surface area contributed by atoms with Crippen LogP contribution in [-0.2, 0) is 11.2 Å². The summed E-state index contributed by atoms with van der Waals surface area (Å²) < 4.78 is 5.66. The average molecular weight is 276 g/mol. The lowest BCUT2D eigenvalue weighted by Gasteiger charge is -2.16. The Balaban J connectivity index is 1.99. The van der Waals surface area contributed by atoms with Gasteiger partial charge >= 0.3 is 0 Å². The molecular weight excluding hydrogens is 252 g/mol. The average Bonchev–Trinajstić information content (AvgIpc) is 2.79. The van der Waals surface area contributed by atoms with Gasteiger partial charge in [-0.15, -0.1) is 0 Å². The second-order valence-electron chi connectivity index (χ2n) is 5.43. The number of carbonyl (C=O) groups excluding carboxylic acids is 1. The van der Waals surface area contributed by atoms with E-state index in [2.05, 4.69) is 24.5 Å². The van der Waals surface area contributed by atoms with Crippen LogP contribution in [0.5, 0.6) is 5.75 Å². The number of ether oxygens (including phenoxy) is 1. The smallest absolute Gasteiger partial charge is 0.241 e. The zero-order valence-corrected chi connectivity index (χ0v) is 12.5. The van der Waals surface area contributed by atoms with Gasteiger partial charge in [0.05, 0.1) is 6.04 Å². The summed E-state index contributed by atoms with van der Waals surface area (Å²) in [7, 11) is 1.83. The van der Waals surface area contributed by atoms with Crippen molar-refractivity contribution in [2.24, 2.45) is 0 Å². The maximum absolute atomic E-state index is 12.2. The topological polar surface area (TPSA) is 50.4 Å². The number of likely N-dealkylation sites (N-methyl/N-ethyl adjacent to an activating group) is 1. The molecule has 0 unspecified atom stereocenters. The van der Waals surface area contributed by atoms with Crippen molar-refractivity contribution in [3.05, 3.63) is 23.8 Å². The summed E-state index contributed by atoms with van der Waals surface area (Å²) in [5.74, 6) is 0.972. The molecule has 2 atom stereocenters. The van der Waals surface area contributed by atoms with Gasteiger partial charge in [-0.1, -0.05) is 19.8 Å². The number of anilines is 1. The number of hydrogen-bond acceptors (Lipinski definition) is 3. The molecule has 1 aliphatic heterocycles. The van der Waals surface area contributed by atoms with E-state index in [1.807, 2.05) is 25.2 Å². The molecular formula is C16H24N2O2. The minimum Gasteiger partial charge on any atom is -0.490 e. The summed E-state index contributed by atoms with van der Waals surface area (Å²) in [6.45, 7) is 4.19. The lowest BCUT2D eigenvalue weighted by molar-refractivity contribution is -0.118. The van der Waals surface area contributed by atoms with E-state index in [1.165, 1.54) is 5.56 Å². The molecule has 110 valence electrons. The van der Waals surface area contributed by atoms with Gasteiger partial charge in [0.15, 0.2) is 0 Å². The van der Waals surface area contributed by atoms with Gasteiger partial charge in [0.2, 0.25) is 5.91 Å². The molecule has 1 aromatic rings. The first-order valence-corrected chi connectivity index (χ1v) is 7.41. The molecule has 1 heterocycles. The normalized spacial score (nSPS) is 18.2. The van der Waals surface area contributed by atoms with E-state index < -0.39 is 0 Å². The summed E-state index contributed by atoms with van der Waals surface area (Å²) in [5, 5.41) is 6.07. The van der Waals surface area contributed by atoms with Crippen molar-refractivity contribution in [3.63, 3.8) is 0 Å². The molecule has 0 bridgehead atoms. The van der Waals surface area contributed by atoms with Crippen LogP contribution in [0.1, 0.15) is 38.7 Å². The number of carbonyl (C=O) groups is 1. The van der Waals surface area contributed by atoms with Crippen LogP contribution < -0.4 is 15.4 Å². The highest BCUT2D eigenvalue weighted by Crippen LogP contribution is 2.30. The Labute approximate surface area is 120 Å². The van der Waals surface area contributed by atoms with E-state index in [4.69, 9.17) is 4.74 Å². The first-order valence-electron chi connectivity index (χ1n) is 7.41. The van der Waals surface area contributed by atoms with Crippen LogP contribution in [0.15, 0.2) is 18.2 Å². The third-order valence-electron chi connectivity index (χ3n) is 3.67. The molecule has 2 N–H and O–H groups in total. The maximum Gasteiger partial charge on any atom is 0.241 e. The Morgan fingerprint density at radius 1 is 1.50 bits per heavy atom. The fourth-order valence-electron chi connectivity index (χ4n) is 2.54. The summed E-state index contributed by atoms with van der Waals surface area (Å²) in [5.41, 5.74) is 2.02. The largest absolute Gasteiger partial charge is 0.490 e. The van der Waals surface area contributed by atoms with Crippen LogP contribution in [0.3, 0.4) is 0 Å². The monoisotopic (exact) mass is 276 g/mol. The molecule has 0 saturated heterocycles. The third kappa shape index (κ3) is 3.51. The van der Waals surface area contributed by atoms with Crippen LogP contribution in [0.4, 0.5) is 5.69 Å². The van der Waals surface area contributed by atoms with Crippen molar-refractivity contribution in [3.8, 4) is 5.75 Å². The Bertz CT molecular complexity index is 474. The van der Waals surface area contributed by atoms with E-state index in [1.54, 1.807) is 0 Å². The number of benzene rings is 1. The van der Waals surface area contributed by atoms with Gasteiger partial charge in [0, 0.05) is 12.1 Å². The van der Waals surface area contributed by atoms with Gasteiger partial charge in [0.1, 0.15) is 11.9 Å². The van der Waals surface area contributed by atoms with E-state index in [0.29, 0.717) is 0 Å². The minimum atomic E-state index is -0.127. The highest BCUT2D eigenvalue weighted by molar-refractivity contribution is 5.95. The Hall–Kier alpha value is -1.55. The lowest BCUT2D eigenvalue weighted by Crippen LogP contribution is -2.38. The number of hydrogen-bond donors (Lipinski definition) is 2. The molecule has 0 aliphatic carbocycles. The fourth-order valence-corrected chi connectivity index (χ4v) is 2.54. The second-order valence-corrected chi connectivity index (χ2v) is 5.43. The van der Waals surface area contributed by atoms with Gasteiger partial charge in [-0.2, -0.15) is 0 Å². The van der Waals surface area contributed by atoms with Crippen LogP contribution in [0, 0.1) is 0 Å². The summed E-state index contributed by atoms with van der Waals surface area (Å²) >= 11 is 0. The van der Waals surface area contributed by atoms with Gasteiger partial charge < -0.3 is 15.4 Å². The summed E-state index contributed by atoms with van der Waals surface area (Å²) in [6, 6.07) is 5.73. The standard InChI is InChI=1S/C16H24N2O2/c1-4-5-6-14(17-3)16(19)18-13-7-8-15-12(10-13)9-11(2)20-15/h7-8,10-11,14,17H,4-6,9H2,1-3H3,(H,18,19)/t11-,14+/m1/s1. The minimum absolute atomic E-state index is 0.0351. The molecule has 1 amide bonds. The molecule has 0 fully saturated rings. The number of unbranched alkanes of at least 4 members (excludes halogenated alkanes) is 1. The number of rotatable bonds is 6. The lowest BCUT2D eigenvalue weighted by atomic mass is 10.1. The highest BCUT2D eigenvalue weighted by atomic mass is 16.5. The van der Waals surface area contributed by atoms with Crippen molar-refractivity contribution in [2.75, 3.05) is 12.4 Å². The summed E-state index contributed by atoms with van der Waals surface area (Å²) in [6.07, 6.45) is 4.15. The predicted octanol–water partition coefficient (Wildman–Crippen LogP) is 2.73. The predicted molar refractivity (Wildman–Crippen MR) is 81.2 cm³/mol. The van der Waals surface area contributed by atoms with Crippen molar-refractivity contribution >= 4 is 11.6 Å².